The SMILES string of the molecule is CSc1ccc(NC(=O)c2ccc(NS(=O)(=O)CCO)cc2N2CCC3(CC2)CC3)cc1N1CCC(F)(F)CC1. The maximum absolute atomic E-state index is 13.8. The number of nitrogens with zero attached hydrogens (tertiary/aromatic N) is 2. The second-order valence-electron chi connectivity index (χ2n) is 11.0. The van der Waals surface area contributed by atoms with Crippen molar-refractivity contribution in [2.45, 2.75) is 49.3 Å². The van der Waals surface area contributed by atoms with Crippen LogP contribution in [-0.2, 0) is 10.0 Å². The van der Waals surface area contributed by atoms with E-state index in [2.05, 4.69) is 14.9 Å². The number of aliphatic hydroxyl groups is 1. The molecule has 3 fully saturated rings. The predicted molar refractivity (Wildman–Crippen MR) is 157 cm³/mol. The summed E-state index contributed by atoms with van der Waals surface area (Å²) >= 11 is 1.53. The molecule has 1 spiro atoms. The van der Waals surface area contributed by atoms with Crippen LogP contribution in [0.2, 0.25) is 0 Å². The third-order valence-electron chi connectivity index (χ3n) is 8.27. The van der Waals surface area contributed by atoms with E-state index in [1.807, 2.05) is 23.3 Å². The van der Waals surface area contributed by atoms with E-state index in [0.717, 1.165) is 36.5 Å². The van der Waals surface area contributed by atoms with Crippen molar-refractivity contribution in [1.29, 1.82) is 0 Å². The Labute approximate surface area is 238 Å². The van der Waals surface area contributed by atoms with Gasteiger partial charge in [0.1, 0.15) is 0 Å². The second-order valence-corrected chi connectivity index (χ2v) is 13.7. The number of carbonyl (C=O) groups excluding carboxylic acids is 1. The molecule has 0 radical (unpaired) electrons. The standard InChI is InChI=1S/C28H36F2N4O4S2/c1-39-25-5-3-20(18-24(25)34-14-10-28(29,30)11-15-34)31-26(36)22-4-2-21(32-40(37,38)17-16-35)19-23(22)33-12-8-27(6-7-27)9-13-33/h2-5,18-19,32,35H,6-17H2,1H3,(H,31,36). The molecule has 5 rings (SSSR count). The number of carbonyl (C=O) groups is 1. The van der Waals surface area contributed by atoms with Gasteiger partial charge in [-0.1, -0.05) is 0 Å². The molecule has 1 amide bonds. The quantitative estimate of drug-likeness (QED) is 0.351. The summed E-state index contributed by atoms with van der Waals surface area (Å²) in [4.78, 5) is 18.6. The Morgan fingerprint density at radius 1 is 0.925 bits per heavy atom. The molecule has 12 heteroatoms. The maximum atomic E-state index is 13.8. The Bertz CT molecular complexity index is 1350. The molecule has 0 bridgehead atoms. The van der Waals surface area contributed by atoms with Gasteiger partial charge >= 0.3 is 0 Å². The van der Waals surface area contributed by atoms with Crippen LogP contribution in [-0.4, -0.2) is 70.1 Å². The lowest BCUT2D eigenvalue weighted by Gasteiger charge is -2.35. The van der Waals surface area contributed by atoms with Crippen LogP contribution in [0.3, 0.4) is 0 Å². The predicted octanol–water partition coefficient (Wildman–Crippen LogP) is 5.01. The fraction of sp³-hybridized carbons (Fsp3) is 0.536. The lowest BCUT2D eigenvalue weighted by atomic mass is 9.93. The van der Waals surface area contributed by atoms with E-state index in [0.29, 0.717) is 28.0 Å². The number of hydrogen-bond acceptors (Lipinski definition) is 7. The van der Waals surface area contributed by atoms with Gasteiger partial charge in [0.15, 0.2) is 0 Å². The highest BCUT2D eigenvalue weighted by molar-refractivity contribution is 7.98. The largest absolute Gasteiger partial charge is 0.395 e. The number of nitrogens with one attached hydrogen (secondary N) is 2. The number of amides is 1. The highest BCUT2D eigenvalue weighted by Gasteiger charge is 2.44. The van der Waals surface area contributed by atoms with E-state index in [9.17, 15) is 22.0 Å². The molecule has 2 saturated heterocycles. The zero-order valence-electron chi connectivity index (χ0n) is 22.6. The second kappa shape index (κ2) is 11.4. The normalized spacial score (nSPS) is 19.9. The van der Waals surface area contributed by atoms with E-state index in [-0.39, 0.29) is 31.8 Å². The number of piperidine rings is 2. The first-order chi connectivity index (χ1) is 19.0. The minimum Gasteiger partial charge on any atom is -0.395 e. The average Bonchev–Trinajstić information content (AvgIpc) is 3.67. The first kappa shape index (κ1) is 28.9. The molecular formula is C28H36F2N4O4S2. The first-order valence-electron chi connectivity index (χ1n) is 13.6. The Morgan fingerprint density at radius 2 is 1.52 bits per heavy atom. The Balaban J connectivity index is 1.40. The molecule has 8 nitrogen and oxygen atoms in total. The molecule has 0 aromatic heterocycles. The van der Waals surface area contributed by atoms with Gasteiger partial charge in [-0.3, -0.25) is 9.52 Å². The van der Waals surface area contributed by atoms with Gasteiger partial charge in [0.25, 0.3) is 11.8 Å². The van der Waals surface area contributed by atoms with Gasteiger partial charge in [-0.25, -0.2) is 17.2 Å². The molecule has 2 aromatic carbocycles. The van der Waals surface area contributed by atoms with Crippen molar-refractivity contribution in [2.24, 2.45) is 5.41 Å². The van der Waals surface area contributed by atoms with Crippen molar-refractivity contribution in [3.8, 4) is 0 Å². The number of anilines is 4. The van der Waals surface area contributed by atoms with E-state index >= 15 is 0 Å². The third kappa shape index (κ3) is 6.66. The van der Waals surface area contributed by atoms with Crippen molar-refractivity contribution < 1.29 is 27.1 Å². The molecule has 1 saturated carbocycles. The highest BCUT2D eigenvalue weighted by Crippen LogP contribution is 2.54. The number of benzene rings is 2. The molecule has 2 heterocycles. The summed E-state index contributed by atoms with van der Waals surface area (Å²) in [6, 6.07) is 10.4. The van der Waals surface area contributed by atoms with Crippen molar-refractivity contribution >= 4 is 50.4 Å². The fourth-order valence-corrected chi connectivity index (χ4v) is 7.02. The van der Waals surface area contributed by atoms with E-state index in [1.165, 1.54) is 24.6 Å². The maximum Gasteiger partial charge on any atom is 0.257 e. The summed E-state index contributed by atoms with van der Waals surface area (Å²) in [5.41, 5.74) is 3.21. The number of alkyl halides is 2. The van der Waals surface area contributed by atoms with Crippen molar-refractivity contribution in [3.63, 3.8) is 0 Å². The van der Waals surface area contributed by atoms with Crippen LogP contribution < -0.4 is 19.8 Å². The highest BCUT2D eigenvalue weighted by atomic mass is 32.2. The average molecular weight is 595 g/mol. The molecule has 3 N–H and O–H groups in total. The van der Waals surface area contributed by atoms with Crippen molar-refractivity contribution in [1.82, 2.24) is 0 Å². The monoisotopic (exact) mass is 594 g/mol. The molecule has 1 aliphatic carbocycles. The van der Waals surface area contributed by atoms with Crippen LogP contribution in [0.5, 0.6) is 0 Å². The Morgan fingerprint density at radius 3 is 2.15 bits per heavy atom. The molecule has 40 heavy (non-hydrogen) atoms. The van der Waals surface area contributed by atoms with Crippen LogP contribution in [0.15, 0.2) is 41.3 Å². The summed E-state index contributed by atoms with van der Waals surface area (Å²) in [5, 5.41) is 12.1. The third-order valence-corrected chi connectivity index (χ3v) is 10.3. The zero-order chi connectivity index (χ0) is 28.5. The van der Waals surface area contributed by atoms with E-state index in [1.54, 1.807) is 24.3 Å². The minimum atomic E-state index is -3.72. The molecule has 2 aliphatic heterocycles. The van der Waals surface area contributed by atoms with Crippen LogP contribution in [0.4, 0.5) is 31.5 Å². The summed E-state index contributed by atoms with van der Waals surface area (Å²) < 4.78 is 54.6. The minimum absolute atomic E-state index is 0.202. The number of rotatable bonds is 9. The summed E-state index contributed by atoms with van der Waals surface area (Å²) in [7, 11) is -3.72. The number of halogens is 2. The van der Waals surface area contributed by atoms with Gasteiger partial charge in [0.05, 0.1) is 35.0 Å². The lowest BCUT2D eigenvalue weighted by molar-refractivity contribution is -0.0221. The Kier molecular flexibility index (Phi) is 8.22. The molecule has 0 unspecified atom stereocenters. The van der Waals surface area contributed by atoms with Crippen LogP contribution in [0, 0.1) is 5.41 Å². The fourth-order valence-electron chi connectivity index (χ4n) is 5.59. The smallest absolute Gasteiger partial charge is 0.257 e. The molecular weight excluding hydrogens is 558 g/mol. The summed E-state index contributed by atoms with van der Waals surface area (Å²) in [5.74, 6) is -3.40. The van der Waals surface area contributed by atoms with Crippen molar-refractivity contribution in [2.75, 3.05) is 64.6 Å². The van der Waals surface area contributed by atoms with E-state index < -0.39 is 28.3 Å². The molecule has 2 aromatic rings. The summed E-state index contributed by atoms with van der Waals surface area (Å²) in [6.07, 6.45) is 6.06. The number of thioether (sulfide) groups is 1. The zero-order valence-corrected chi connectivity index (χ0v) is 24.2. The van der Waals surface area contributed by atoms with Gasteiger partial charge in [-0.15, -0.1) is 11.8 Å². The summed E-state index contributed by atoms with van der Waals surface area (Å²) in [6.45, 7) is 1.55. The molecule has 218 valence electrons. The number of sulfonamides is 1. The first-order valence-corrected chi connectivity index (χ1v) is 16.5. The number of hydrogen-bond donors (Lipinski definition) is 3. The van der Waals surface area contributed by atoms with E-state index in [4.69, 9.17) is 5.11 Å². The topological polar surface area (TPSA) is 102 Å². The van der Waals surface area contributed by atoms with Crippen LogP contribution in [0.25, 0.3) is 0 Å². The van der Waals surface area contributed by atoms with Gasteiger partial charge in [-0.05, 0) is 73.8 Å². The van der Waals surface area contributed by atoms with Crippen molar-refractivity contribution in [3.05, 3.63) is 42.0 Å². The van der Waals surface area contributed by atoms with Gasteiger partial charge in [0, 0.05) is 49.6 Å². The van der Waals surface area contributed by atoms with Crippen LogP contribution >= 0.6 is 11.8 Å². The van der Waals surface area contributed by atoms with Crippen LogP contribution in [0.1, 0.15) is 48.9 Å². The molecule has 0 atom stereocenters. The lowest BCUT2D eigenvalue weighted by Crippen LogP contribution is -2.39. The van der Waals surface area contributed by atoms with Gasteiger partial charge in [0.2, 0.25) is 10.0 Å². The molecule has 3 aliphatic rings. The van der Waals surface area contributed by atoms with Gasteiger partial charge in [-0.2, -0.15) is 0 Å². The van der Waals surface area contributed by atoms with Gasteiger partial charge < -0.3 is 20.2 Å². The number of aliphatic hydroxyl groups excluding tert-OH is 1. The Hall–Kier alpha value is -2.57.